The lowest BCUT2D eigenvalue weighted by Gasteiger charge is -2.05. The summed E-state index contributed by atoms with van der Waals surface area (Å²) in [5.41, 5.74) is 0. The summed E-state index contributed by atoms with van der Waals surface area (Å²) in [5.74, 6) is 2.82. The molecule has 1 aromatic rings. The van der Waals surface area contributed by atoms with Gasteiger partial charge in [-0.2, -0.15) is 13.2 Å². The molecule has 10 heteroatoms. The fourth-order valence-corrected chi connectivity index (χ4v) is 1.58. The van der Waals surface area contributed by atoms with Crippen LogP contribution in [0.2, 0.25) is 0 Å². The molecule has 0 aliphatic rings. The van der Waals surface area contributed by atoms with Crippen LogP contribution in [0.5, 0.6) is 0 Å². The summed E-state index contributed by atoms with van der Waals surface area (Å²) in [5, 5.41) is 14.3. The van der Waals surface area contributed by atoms with Crippen molar-refractivity contribution in [1.29, 1.82) is 0 Å². The maximum Gasteiger partial charge on any atom is 0.453 e. The Kier molecular flexibility index (Phi) is 3.62. The zero-order valence-electron chi connectivity index (χ0n) is 7.73. The Balaban J connectivity index is 2.69. The third-order valence-electron chi connectivity index (χ3n) is 1.47. The Bertz CT molecular complexity index is 392. The number of hydrogen-bond acceptors (Lipinski definition) is 5. The van der Waals surface area contributed by atoms with E-state index >= 15 is 0 Å². The second-order valence-electron chi connectivity index (χ2n) is 2.67. The fourth-order valence-electron chi connectivity index (χ4n) is 0.798. The van der Waals surface area contributed by atoms with Crippen molar-refractivity contribution < 1.29 is 23.1 Å². The van der Waals surface area contributed by atoms with Crippen molar-refractivity contribution in [3.8, 4) is 0 Å². The summed E-state index contributed by atoms with van der Waals surface area (Å²) < 4.78 is 36.9. The van der Waals surface area contributed by atoms with Gasteiger partial charge in [0.15, 0.2) is 0 Å². The minimum absolute atomic E-state index is 0.0719. The van der Waals surface area contributed by atoms with Crippen molar-refractivity contribution in [2.45, 2.75) is 17.8 Å². The van der Waals surface area contributed by atoms with Crippen LogP contribution in [0.3, 0.4) is 0 Å². The van der Waals surface area contributed by atoms with Gasteiger partial charge in [0.2, 0.25) is 5.16 Å². The molecule has 0 saturated heterocycles. The van der Waals surface area contributed by atoms with E-state index in [0.717, 1.165) is 11.8 Å². The molecule has 0 radical (unpaired) electrons. The molecule has 0 amide bonds. The van der Waals surface area contributed by atoms with Gasteiger partial charge in [-0.1, -0.05) is 11.8 Å². The molecule has 16 heavy (non-hydrogen) atoms. The Labute approximate surface area is 91.6 Å². The number of carboxylic acid groups (broad SMARTS) is 1. The highest BCUT2D eigenvalue weighted by Crippen LogP contribution is 2.28. The molecule has 0 aliphatic carbocycles. The van der Waals surface area contributed by atoms with Crippen LogP contribution in [0, 0.1) is 0 Å². The Morgan fingerprint density at radius 3 is 2.56 bits per heavy atom. The third-order valence-corrected chi connectivity index (χ3v) is 2.41. The van der Waals surface area contributed by atoms with E-state index < -0.39 is 18.0 Å². The molecule has 0 atom stereocenters. The van der Waals surface area contributed by atoms with E-state index in [0.29, 0.717) is 4.68 Å². The van der Waals surface area contributed by atoms with Crippen molar-refractivity contribution in [2.24, 2.45) is 0 Å². The van der Waals surface area contributed by atoms with Gasteiger partial charge in [-0.05, 0) is 0 Å². The van der Waals surface area contributed by atoms with E-state index in [-0.39, 0.29) is 17.3 Å². The zero-order chi connectivity index (χ0) is 12.3. The molecular formula is C6H7F3N4O2S. The fraction of sp³-hybridized carbons (Fsp3) is 0.500. The van der Waals surface area contributed by atoms with Gasteiger partial charge in [0.05, 0.1) is 6.42 Å². The SMILES string of the molecule is Nn1c(SCCC(=O)O)nnc1C(F)(F)F. The largest absolute Gasteiger partial charge is 0.481 e. The highest BCUT2D eigenvalue weighted by molar-refractivity contribution is 7.99. The Hall–Kier alpha value is -1.45. The smallest absolute Gasteiger partial charge is 0.453 e. The van der Waals surface area contributed by atoms with Gasteiger partial charge in [0, 0.05) is 5.75 Å². The maximum absolute atomic E-state index is 12.2. The van der Waals surface area contributed by atoms with Crippen LogP contribution in [0.25, 0.3) is 0 Å². The quantitative estimate of drug-likeness (QED) is 0.604. The monoisotopic (exact) mass is 256 g/mol. The number of alkyl halides is 3. The van der Waals surface area contributed by atoms with Gasteiger partial charge in [0.1, 0.15) is 0 Å². The summed E-state index contributed by atoms with van der Waals surface area (Å²) in [4.78, 5) is 10.2. The predicted molar refractivity (Wildman–Crippen MR) is 48.2 cm³/mol. The number of halogens is 3. The van der Waals surface area contributed by atoms with Crippen molar-refractivity contribution in [2.75, 3.05) is 11.6 Å². The molecule has 1 rings (SSSR count). The zero-order valence-corrected chi connectivity index (χ0v) is 8.55. The Morgan fingerprint density at radius 2 is 2.12 bits per heavy atom. The number of hydrogen-bond donors (Lipinski definition) is 2. The highest BCUT2D eigenvalue weighted by Gasteiger charge is 2.38. The summed E-state index contributed by atoms with van der Waals surface area (Å²) in [6.45, 7) is 0. The van der Waals surface area contributed by atoms with Gasteiger partial charge in [-0.15, -0.1) is 10.2 Å². The average Bonchev–Trinajstić information content (AvgIpc) is 2.46. The van der Waals surface area contributed by atoms with Crippen LogP contribution >= 0.6 is 11.8 Å². The number of nitrogen functional groups attached to an aromatic ring is 1. The van der Waals surface area contributed by atoms with Crippen molar-refractivity contribution in [3.63, 3.8) is 0 Å². The average molecular weight is 256 g/mol. The molecule has 0 aliphatic heterocycles. The number of carboxylic acids is 1. The standard InChI is InChI=1S/C6H7F3N4O2S/c7-6(8,9)4-11-12-5(13(4)10)16-2-1-3(14)15/h1-2,10H2,(H,14,15). The molecule has 0 fully saturated rings. The lowest BCUT2D eigenvalue weighted by Crippen LogP contribution is -2.21. The van der Waals surface area contributed by atoms with Crippen LogP contribution in [0.4, 0.5) is 13.2 Å². The second-order valence-corrected chi connectivity index (χ2v) is 3.73. The lowest BCUT2D eigenvalue weighted by molar-refractivity contribution is -0.146. The second kappa shape index (κ2) is 4.60. The number of thioether (sulfide) groups is 1. The lowest BCUT2D eigenvalue weighted by atomic mass is 10.5. The van der Waals surface area contributed by atoms with E-state index in [1.165, 1.54) is 0 Å². The maximum atomic E-state index is 12.2. The number of carbonyl (C=O) groups is 1. The molecule has 1 aromatic heterocycles. The molecule has 0 spiro atoms. The van der Waals surface area contributed by atoms with Gasteiger partial charge >= 0.3 is 12.1 Å². The molecule has 3 N–H and O–H groups in total. The molecule has 1 heterocycles. The summed E-state index contributed by atoms with van der Waals surface area (Å²) in [6.07, 6.45) is -4.87. The number of rotatable bonds is 4. The predicted octanol–water partition coefficient (Wildman–Crippen LogP) is 0.577. The van der Waals surface area contributed by atoms with Crippen LogP contribution in [0.1, 0.15) is 12.2 Å². The van der Waals surface area contributed by atoms with E-state index in [1.54, 1.807) is 0 Å². The molecule has 0 aromatic carbocycles. The number of nitrogens with two attached hydrogens (primary N) is 1. The molecule has 6 nitrogen and oxygen atoms in total. The Morgan fingerprint density at radius 1 is 1.50 bits per heavy atom. The minimum atomic E-state index is -4.67. The van der Waals surface area contributed by atoms with Crippen molar-refractivity contribution in [3.05, 3.63) is 5.82 Å². The number of aliphatic carboxylic acids is 1. The van der Waals surface area contributed by atoms with Gasteiger partial charge < -0.3 is 10.9 Å². The van der Waals surface area contributed by atoms with Crippen LogP contribution in [0.15, 0.2) is 5.16 Å². The summed E-state index contributed by atoms with van der Waals surface area (Å²) >= 11 is 0.796. The summed E-state index contributed by atoms with van der Waals surface area (Å²) in [7, 11) is 0. The molecular weight excluding hydrogens is 249 g/mol. The number of aromatic nitrogens is 3. The third kappa shape index (κ3) is 3.02. The van der Waals surface area contributed by atoms with Gasteiger partial charge in [0.25, 0.3) is 5.82 Å². The topological polar surface area (TPSA) is 94.0 Å². The first-order chi connectivity index (χ1) is 7.32. The van der Waals surface area contributed by atoms with Crippen LogP contribution in [-0.2, 0) is 11.0 Å². The van der Waals surface area contributed by atoms with Gasteiger partial charge in [-0.3, -0.25) is 4.79 Å². The molecule has 0 unspecified atom stereocenters. The van der Waals surface area contributed by atoms with Crippen LogP contribution in [-0.4, -0.2) is 31.7 Å². The first kappa shape index (κ1) is 12.6. The first-order valence-electron chi connectivity index (χ1n) is 3.94. The van der Waals surface area contributed by atoms with Gasteiger partial charge in [-0.25, -0.2) is 4.68 Å². The van der Waals surface area contributed by atoms with E-state index in [4.69, 9.17) is 10.9 Å². The molecule has 90 valence electrons. The van der Waals surface area contributed by atoms with E-state index in [1.807, 2.05) is 0 Å². The molecule has 0 bridgehead atoms. The minimum Gasteiger partial charge on any atom is -0.481 e. The van der Waals surface area contributed by atoms with Crippen LogP contribution < -0.4 is 5.84 Å². The van der Waals surface area contributed by atoms with Crippen molar-refractivity contribution >= 4 is 17.7 Å². The van der Waals surface area contributed by atoms with E-state index in [2.05, 4.69) is 10.2 Å². The van der Waals surface area contributed by atoms with E-state index in [9.17, 15) is 18.0 Å². The molecule has 0 saturated carbocycles. The highest BCUT2D eigenvalue weighted by atomic mass is 32.2. The normalized spacial score (nSPS) is 11.7. The first-order valence-corrected chi connectivity index (χ1v) is 4.93. The summed E-state index contributed by atoms with van der Waals surface area (Å²) in [6, 6.07) is 0. The van der Waals surface area contributed by atoms with Crippen molar-refractivity contribution in [1.82, 2.24) is 14.9 Å². The number of nitrogens with zero attached hydrogens (tertiary/aromatic N) is 3.